The zero-order valence-electron chi connectivity index (χ0n) is 9.84. The fourth-order valence-corrected chi connectivity index (χ4v) is 1.60. The topological polar surface area (TPSA) is 59.8 Å². The van der Waals surface area contributed by atoms with E-state index < -0.39 is 0 Å². The first-order chi connectivity index (χ1) is 8.16. The molecule has 88 valence electrons. The molecule has 1 N–H and O–H groups in total. The predicted molar refractivity (Wildman–Crippen MR) is 63.4 cm³/mol. The summed E-state index contributed by atoms with van der Waals surface area (Å²) in [4.78, 5) is 15.6. The van der Waals surface area contributed by atoms with Gasteiger partial charge in [0.2, 0.25) is 0 Å². The number of amides is 1. The third-order valence-electron chi connectivity index (χ3n) is 2.50. The highest BCUT2D eigenvalue weighted by Crippen LogP contribution is 2.04. The number of aromatic nitrogens is 3. The molecule has 2 aromatic rings. The Morgan fingerprint density at radius 1 is 1.41 bits per heavy atom. The summed E-state index contributed by atoms with van der Waals surface area (Å²) in [5.41, 5.74) is 2.57. The Morgan fingerprint density at radius 3 is 2.71 bits per heavy atom. The first-order valence-electron chi connectivity index (χ1n) is 5.34. The monoisotopic (exact) mass is 230 g/mol. The number of aryl methyl sites for hydroxylation is 2. The van der Waals surface area contributed by atoms with Crippen molar-refractivity contribution in [2.45, 2.75) is 13.5 Å². The molecule has 0 radical (unpaired) electrons. The summed E-state index contributed by atoms with van der Waals surface area (Å²) in [6.07, 6.45) is 5.11. The van der Waals surface area contributed by atoms with Gasteiger partial charge in [0.05, 0.1) is 5.69 Å². The summed E-state index contributed by atoms with van der Waals surface area (Å²) in [5, 5.41) is 7.07. The lowest BCUT2D eigenvalue weighted by molar-refractivity contribution is 0.0951. The van der Waals surface area contributed by atoms with Crippen LogP contribution in [-0.4, -0.2) is 20.7 Å². The van der Waals surface area contributed by atoms with Gasteiger partial charge in [-0.05, 0) is 19.1 Å². The van der Waals surface area contributed by atoms with Crippen LogP contribution in [0.5, 0.6) is 0 Å². The van der Waals surface area contributed by atoms with E-state index >= 15 is 0 Å². The minimum absolute atomic E-state index is 0.101. The van der Waals surface area contributed by atoms with Crippen molar-refractivity contribution >= 4 is 5.91 Å². The van der Waals surface area contributed by atoms with Gasteiger partial charge in [0.25, 0.3) is 5.91 Å². The van der Waals surface area contributed by atoms with Crippen LogP contribution in [0.1, 0.15) is 21.6 Å². The van der Waals surface area contributed by atoms with Gasteiger partial charge in [-0.15, -0.1) is 0 Å². The minimum Gasteiger partial charge on any atom is -0.348 e. The molecule has 0 unspecified atom stereocenters. The molecule has 0 bridgehead atoms. The molecular weight excluding hydrogens is 216 g/mol. The predicted octanol–water partition coefficient (Wildman–Crippen LogP) is 1.05. The smallest absolute Gasteiger partial charge is 0.251 e. The number of carbonyl (C=O) groups excluding carboxylic acids is 1. The Balaban J connectivity index is 1.99. The summed E-state index contributed by atoms with van der Waals surface area (Å²) in [7, 11) is 1.86. The number of hydrogen-bond donors (Lipinski definition) is 1. The lowest BCUT2D eigenvalue weighted by Gasteiger charge is -2.03. The van der Waals surface area contributed by atoms with Crippen molar-refractivity contribution in [1.29, 1.82) is 0 Å². The van der Waals surface area contributed by atoms with Gasteiger partial charge in [0.15, 0.2) is 0 Å². The van der Waals surface area contributed by atoms with E-state index in [1.165, 1.54) is 0 Å². The molecule has 0 aliphatic carbocycles. The molecule has 0 saturated heterocycles. The highest BCUT2D eigenvalue weighted by Gasteiger charge is 2.07. The van der Waals surface area contributed by atoms with Gasteiger partial charge in [0.1, 0.15) is 0 Å². The van der Waals surface area contributed by atoms with E-state index in [1.807, 2.05) is 20.2 Å². The van der Waals surface area contributed by atoms with E-state index in [0.29, 0.717) is 12.1 Å². The van der Waals surface area contributed by atoms with Crippen LogP contribution in [0.15, 0.2) is 30.7 Å². The maximum Gasteiger partial charge on any atom is 0.251 e. The fraction of sp³-hybridized carbons (Fsp3) is 0.250. The Labute approximate surface area is 99.5 Å². The van der Waals surface area contributed by atoms with Crippen LogP contribution in [-0.2, 0) is 13.6 Å². The van der Waals surface area contributed by atoms with Crippen LogP contribution in [0.3, 0.4) is 0 Å². The average molecular weight is 230 g/mol. The van der Waals surface area contributed by atoms with Crippen LogP contribution in [0, 0.1) is 6.92 Å². The highest BCUT2D eigenvalue weighted by atomic mass is 16.1. The standard InChI is InChI=1S/C12H14N4O/c1-9-11(8-16(2)15-9)7-14-12(17)10-3-5-13-6-4-10/h3-6,8H,7H2,1-2H3,(H,14,17). The molecule has 0 spiro atoms. The van der Waals surface area contributed by atoms with Crippen molar-refractivity contribution in [3.05, 3.63) is 47.5 Å². The molecular formula is C12H14N4O. The van der Waals surface area contributed by atoms with Gasteiger partial charge >= 0.3 is 0 Å². The second-order valence-electron chi connectivity index (χ2n) is 3.83. The van der Waals surface area contributed by atoms with Crippen molar-refractivity contribution in [2.75, 3.05) is 0 Å². The molecule has 17 heavy (non-hydrogen) atoms. The second kappa shape index (κ2) is 4.78. The van der Waals surface area contributed by atoms with Gasteiger partial charge in [-0.2, -0.15) is 5.10 Å². The Bertz CT molecular complexity index is 519. The Kier molecular flexibility index (Phi) is 3.18. The van der Waals surface area contributed by atoms with Crippen LogP contribution >= 0.6 is 0 Å². The molecule has 2 aromatic heterocycles. The zero-order chi connectivity index (χ0) is 12.3. The second-order valence-corrected chi connectivity index (χ2v) is 3.83. The van der Waals surface area contributed by atoms with Gasteiger partial charge in [0, 0.05) is 43.3 Å². The zero-order valence-corrected chi connectivity index (χ0v) is 9.84. The number of hydrogen-bond acceptors (Lipinski definition) is 3. The summed E-state index contributed by atoms with van der Waals surface area (Å²) >= 11 is 0. The lowest BCUT2D eigenvalue weighted by atomic mass is 10.2. The minimum atomic E-state index is -0.101. The number of rotatable bonds is 3. The average Bonchev–Trinajstić information content (AvgIpc) is 2.66. The van der Waals surface area contributed by atoms with E-state index in [2.05, 4.69) is 15.4 Å². The number of pyridine rings is 1. The normalized spacial score (nSPS) is 10.2. The maximum atomic E-state index is 11.8. The summed E-state index contributed by atoms with van der Waals surface area (Å²) in [6.45, 7) is 2.41. The van der Waals surface area contributed by atoms with E-state index in [9.17, 15) is 4.79 Å². The first kappa shape index (κ1) is 11.3. The molecule has 0 aliphatic rings. The summed E-state index contributed by atoms with van der Waals surface area (Å²) in [5.74, 6) is -0.101. The van der Waals surface area contributed by atoms with E-state index in [4.69, 9.17) is 0 Å². The molecule has 5 heteroatoms. The van der Waals surface area contributed by atoms with Gasteiger partial charge in [-0.25, -0.2) is 0 Å². The molecule has 0 atom stereocenters. The van der Waals surface area contributed by atoms with E-state index in [1.54, 1.807) is 29.2 Å². The van der Waals surface area contributed by atoms with Crippen LogP contribution in [0.2, 0.25) is 0 Å². The first-order valence-corrected chi connectivity index (χ1v) is 5.34. The van der Waals surface area contributed by atoms with Crippen molar-refractivity contribution in [3.63, 3.8) is 0 Å². The third kappa shape index (κ3) is 2.69. The fourth-order valence-electron chi connectivity index (χ4n) is 1.60. The highest BCUT2D eigenvalue weighted by molar-refractivity contribution is 5.93. The van der Waals surface area contributed by atoms with Crippen molar-refractivity contribution in [3.8, 4) is 0 Å². The van der Waals surface area contributed by atoms with Gasteiger partial charge in [-0.3, -0.25) is 14.5 Å². The third-order valence-corrected chi connectivity index (χ3v) is 2.50. The van der Waals surface area contributed by atoms with Gasteiger partial charge < -0.3 is 5.32 Å². The molecule has 1 amide bonds. The van der Waals surface area contributed by atoms with Crippen LogP contribution in [0.4, 0.5) is 0 Å². The molecule has 2 heterocycles. The molecule has 0 aliphatic heterocycles. The van der Waals surface area contributed by atoms with E-state index in [-0.39, 0.29) is 5.91 Å². The van der Waals surface area contributed by atoms with Gasteiger partial charge in [-0.1, -0.05) is 0 Å². The Hall–Kier alpha value is -2.17. The molecule has 2 rings (SSSR count). The lowest BCUT2D eigenvalue weighted by Crippen LogP contribution is -2.22. The summed E-state index contributed by atoms with van der Waals surface area (Å²) in [6, 6.07) is 3.37. The van der Waals surface area contributed by atoms with Crippen molar-refractivity contribution in [2.24, 2.45) is 7.05 Å². The van der Waals surface area contributed by atoms with Crippen LogP contribution < -0.4 is 5.32 Å². The molecule has 5 nitrogen and oxygen atoms in total. The maximum absolute atomic E-state index is 11.8. The Morgan fingerprint density at radius 2 is 2.12 bits per heavy atom. The van der Waals surface area contributed by atoms with Crippen molar-refractivity contribution in [1.82, 2.24) is 20.1 Å². The van der Waals surface area contributed by atoms with Crippen LogP contribution in [0.25, 0.3) is 0 Å². The SMILES string of the molecule is Cc1nn(C)cc1CNC(=O)c1ccncc1. The molecule has 0 saturated carbocycles. The molecule has 0 fully saturated rings. The molecule has 0 aromatic carbocycles. The largest absolute Gasteiger partial charge is 0.348 e. The number of nitrogens with zero attached hydrogens (tertiary/aromatic N) is 3. The quantitative estimate of drug-likeness (QED) is 0.857. The van der Waals surface area contributed by atoms with Crippen molar-refractivity contribution < 1.29 is 4.79 Å². The number of nitrogens with one attached hydrogen (secondary N) is 1. The van der Waals surface area contributed by atoms with E-state index in [0.717, 1.165) is 11.3 Å². The number of carbonyl (C=O) groups is 1. The summed E-state index contributed by atoms with van der Waals surface area (Å²) < 4.78 is 1.74.